The van der Waals surface area contributed by atoms with E-state index >= 15 is 0 Å². The summed E-state index contributed by atoms with van der Waals surface area (Å²) in [7, 11) is 0. The molecule has 0 fully saturated rings. The highest BCUT2D eigenvalue weighted by Crippen LogP contribution is 2.34. The highest BCUT2D eigenvalue weighted by molar-refractivity contribution is 9.10. The maximum Gasteiger partial charge on any atom is 0.271 e. The molecule has 0 radical (unpaired) electrons. The van der Waals surface area contributed by atoms with Crippen LogP contribution in [0, 0.1) is 0 Å². The largest absolute Gasteiger partial charge is 0.490 e. The number of benzene rings is 4. The standard InChI is InChI=1S/C32H25Br2ClN4O3S/c1-2-41-29-15-23(27(34)16-30(29)42-18-20-3-9-24(33)10-4-20)17-36-39-31(40)22-7-5-21(6-8-22)28-19-43-32(38-28)37-26-13-11-25(35)12-14-26/h3-17,19H,2,18H2,1H3,(H,37,38)(H,39,40)/b36-17-. The summed E-state index contributed by atoms with van der Waals surface area (Å²) in [6, 6.07) is 26.2. The van der Waals surface area contributed by atoms with Gasteiger partial charge in [-0.1, -0.05) is 51.8 Å². The van der Waals surface area contributed by atoms with Crippen LogP contribution in [0.1, 0.15) is 28.4 Å². The third-order valence-corrected chi connectivity index (χ3v) is 8.31. The maximum atomic E-state index is 12.7. The number of hydrazone groups is 1. The quantitative estimate of drug-likeness (QED) is 0.104. The lowest BCUT2D eigenvalue weighted by Gasteiger charge is -2.14. The average Bonchev–Trinajstić information content (AvgIpc) is 3.48. The first-order valence-electron chi connectivity index (χ1n) is 13.1. The Morgan fingerprint density at radius 3 is 2.42 bits per heavy atom. The molecule has 218 valence electrons. The fourth-order valence-electron chi connectivity index (χ4n) is 3.91. The molecule has 7 nitrogen and oxygen atoms in total. The molecule has 2 N–H and O–H groups in total. The Labute approximate surface area is 275 Å². The van der Waals surface area contributed by atoms with Crippen LogP contribution in [0.2, 0.25) is 5.02 Å². The number of carbonyl (C=O) groups excluding carboxylic acids is 1. The van der Waals surface area contributed by atoms with Crippen LogP contribution in [0.4, 0.5) is 10.8 Å². The first-order valence-corrected chi connectivity index (χ1v) is 16.0. The Balaban J connectivity index is 1.19. The summed E-state index contributed by atoms with van der Waals surface area (Å²) in [6.07, 6.45) is 1.56. The number of halogens is 3. The Bertz CT molecular complexity index is 1730. The number of carbonyl (C=O) groups is 1. The van der Waals surface area contributed by atoms with E-state index < -0.39 is 0 Å². The minimum Gasteiger partial charge on any atom is -0.490 e. The van der Waals surface area contributed by atoms with Gasteiger partial charge in [0.25, 0.3) is 5.91 Å². The van der Waals surface area contributed by atoms with Crippen molar-refractivity contribution in [3.8, 4) is 22.8 Å². The van der Waals surface area contributed by atoms with E-state index in [2.05, 4.69) is 52.7 Å². The molecule has 0 bridgehead atoms. The van der Waals surface area contributed by atoms with Gasteiger partial charge in [-0.15, -0.1) is 11.3 Å². The smallest absolute Gasteiger partial charge is 0.271 e. The summed E-state index contributed by atoms with van der Waals surface area (Å²) >= 11 is 14.5. The predicted molar refractivity (Wildman–Crippen MR) is 181 cm³/mol. The number of nitrogens with zero attached hydrogens (tertiary/aromatic N) is 2. The van der Waals surface area contributed by atoms with E-state index in [1.807, 2.05) is 85.1 Å². The molecule has 43 heavy (non-hydrogen) atoms. The molecular weight excluding hydrogens is 716 g/mol. The number of rotatable bonds is 11. The lowest BCUT2D eigenvalue weighted by atomic mass is 10.1. The second-order valence-electron chi connectivity index (χ2n) is 9.11. The van der Waals surface area contributed by atoms with Crippen molar-refractivity contribution in [3.05, 3.63) is 121 Å². The number of nitrogens with one attached hydrogen (secondary N) is 2. The summed E-state index contributed by atoms with van der Waals surface area (Å²) in [4.78, 5) is 17.4. The molecule has 5 aromatic rings. The number of ether oxygens (including phenoxy) is 2. The molecule has 0 spiro atoms. The lowest BCUT2D eigenvalue weighted by Crippen LogP contribution is -2.17. The van der Waals surface area contributed by atoms with Gasteiger partial charge in [-0.25, -0.2) is 10.4 Å². The SMILES string of the molecule is CCOc1cc(/C=N\NC(=O)c2ccc(-c3csc(Nc4ccc(Cl)cc4)n3)cc2)c(Br)cc1OCc1ccc(Br)cc1. The topological polar surface area (TPSA) is 84.8 Å². The van der Waals surface area contributed by atoms with Crippen LogP contribution in [-0.2, 0) is 6.61 Å². The van der Waals surface area contributed by atoms with Gasteiger partial charge in [-0.05, 0) is 89.1 Å². The van der Waals surface area contributed by atoms with Crippen LogP contribution in [0.5, 0.6) is 11.5 Å². The summed E-state index contributed by atoms with van der Waals surface area (Å²) in [5, 5.41) is 10.8. The third kappa shape index (κ3) is 8.45. The molecule has 0 atom stereocenters. The molecule has 0 aliphatic heterocycles. The monoisotopic (exact) mass is 738 g/mol. The Kier molecular flexibility index (Phi) is 10.5. The van der Waals surface area contributed by atoms with Gasteiger partial charge < -0.3 is 14.8 Å². The lowest BCUT2D eigenvalue weighted by molar-refractivity contribution is 0.0955. The fraction of sp³-hybridized carbons (Fsp3) is 0.0938. The van der Waals surface area contributed by atoms with Gasteiger partial charge in [0, 0.05) is 41.7 Å². The number of thiazole rings is 1. The molecule has 5 rings (SSSR count). The van der Waals surface area contributed by atoms with Gasteiger partial charge in [0.2, 0.25) is 0 Å². The molecule has 0 saturated heterocycles. The van der Waals surface area contributed by atoms with Crippen molar-refractivity contribution in [1.29, 1.82) is 0 Å². The summed E-state index contributed by atoms with van der Waals surface area (Å²) in [6.45, 7) is 2.78. The van der Waals surface area contributed by atoms with E-state index in [1.54, 1.807) is 18.3 Å². The first-order chi connectivity index (χ1) is 20.9. The minimum atomic E-state index is -0.332. The van der Waals surface area contributed by atoms with Crippen LogP contribution < -0.4 is 20.2 Å². The van der Waals surface area contributed by atoms with Crippen molar-refractivity contribution in [2.45, 2.75) is 13.5 Å². The summed E-state index contributed by atoms with van der Waals surface area (Å²) in [5.41, 5.74) is 7.43. The number of anilines is 2. The van der Waals surface area contributed by atoms with Crippen molar-refractivity contribution in [3.63, 3.8) is 0 Å². The van der Waals surface area contributed by atoms with Crippen molar-refractivity contribution in [2.75, 3.05) is 11.9 Å². The van der Waals surface area contributed by atoms with Crippen LogP contribution in [0.15, 0.2) is 104 Å². The molecule has 1 heterocycles. The van der Waals surface area contributed by atoms with Crippen molar-refractivity contribution >= 4 is 77.7 Å². The van der Waals surface area contributed by atoms with E-state index in [1.165, 1.54) is 11.3 Å². The molecular formula is C32H25Br2ClN4O3S. The number of hydrogen-bond acceptors (Lipinski definition) is 7. The zero-order chi connectivity index (χ0) is 30.2. The number of hydrogen-bond donors (Lipinski definition) is 2. The van der Waals surface area contributed by atoms with E-state index in [0.717, 1.165) is 42.1 Å². The molecule has 4 aromatic carbocycles. The molecule has 0 unspecified atom stereocenters. The minimum absolute atomic E-state index is 0.332. The van der Waals surface area contributed by atoms with Crippen LogP contribution in [0.25, 0.3) is 11.3 Å². The van der Waals surface area contributed by atoms with Gasteiger partial charge >= 0.3 is 0 Å². The Hall–Kier alpha value is -3.70. The van der Waals surface area contributed by atoms with Crippen molar-refractivity contribution in [2.24, 2.45) is 5.10 Å². The van der Waals surface area contributed by atoms with Gasteiger partial charge in [-0.2, -0.15) is 5.10 Å². The first kappa shape index (κ1) is 30.7. The second-order valence-corrected chi connectivity index (χ2v) is 12.2. The van der Waals surface area contributed by atoms with E-state index in [-0.39, 0.29) is 5.91 Å². The zero-order valence-corrected chi connectivity index (χ0v) is 27.6. The molecule has 11 heteroatoms. The second kappa shape index (κ2) is 14.7. The highest BCUT2D eigenvalue weighted by Gasteiger charge is 2.12. The van der Waals surface area contributed by atoms with Gasteiger partial charge in [-0.3, -0.25) is 4.79 Å². The van der Waals surface area contributed by atoms with Gasteiger partial charge in [0.15, 0.2) is 16.6 Å². The number of amides is 1. The van der Waals surface area contributed by atoms with E-state index in [4.69, 9.17) is 21.1 Å². The van der Waals surface area contributed by atoms with Gasteiger partial charge in [0.1, 0.15) is 6.61 Å². The molecule has 1 amide bonds. The van der Waals surface area contributed by atoms with Crippen molar-refractivity contribution < 1.29 is 14.3 Å². The predicted octanol–water partition coefficient (Wildman–Crippen LogP) is 9.47. The van der Waals surface area contributed by atoms with Crippen LogP contribution in [0.3, 0.4) is 0 Å². The average molecular weight is 741 g/mol. The van der Waals surface area contributed by atoms with Crippen molar-refractivity contribution in [1.82, 2.24) is 10.4 Å². The highest BCUT2D eigenvalue weighted by atomic mass is 79.9. The Morgan fingerprint density at radius 1 is 0.977 bits per heavy atom. The molecule has 0 aliphatic rings. The van der Waals surface area contributed by atoms with Gasteiger partial charge in [0.05, 0.1) is 18.5 Å². The summed E-state index contributed by atoms with van der Waals surface area (Å²) < 4.78 is 13.6. The maximum absolute atomic E-state index is 12.7. The number of aromatic nitrogens is 1. The van der Waals surface area contributed by atoms with Crippen LogP contribution in [-0.4, -0.2) is 23.7 Å². The molecule has 0 saturated carbocycles. The third-order valence-electron chi connectivity index (χ3n) is 6.08. The van der Waals surface area contributed by atoms with Crippen LogP contribution >= 0.6 is 54.8 Å². The zero-order valence-electron chi connectivity index (χ0n) is 22.8. The Morgan fingerprint density at radius 2 is 1.70 bits per heavy atom. The summed E-state index contributed by atoms with van der Waals surface area (Å²) in [5.74, 6) is 0.854. The molecule has 0 aliphatic carbocycles. The van der Waals surface area contributed by atoms with E-state index in [9.17, 15) is 4.79 Å². The normalized spacial score (nSPS) is 11.0. The fourth-order valence-corrected chi connectivity index (χ4v) is 5.47. The van der Waals surface area contributed by atoms with E-state index in [0.29, 0.717) is 35.3 Å². The molecule has 1 aromatic heterocycles.